The first-order valence-electron chi connectivity index (χ1n) is 4.87. The molecule has 96 valence electrons. The van der Waals surface area contributed by atoms with Crippen molar-refractivity contribution < 1.29 is 17.9 Å². The largest absolute Gasteiger partial charge is 0.465 e. The summed E-state index contributed by atoms with van der Waals surface area (Å²) < 4.78 is 28.6. The molecule has 6 nitrogen and oxygen atoms in total. The minimum absolute atomic E-state index is 0.107. The average Bonchev–Trinajstić information content (AvgIpc) is 2.66. The van der Waals surface area contributed by atoms with Gasteiger partial charge < -0.3 is 9.30 Å². The first-order chi connectivity index (χ1) is 8.31. The van der Waals surface area contributed by atoms with Crippen LogP contribution in [0, 0.1) is 11.3 Å². The van der Waals surface area contributed by atoms with Crippen molar-refractivity contribution in [2.24, 2.45) is 7.05 Å². The summed E-state index contributed by atoms with van der Waals surface area (Å²) in [7, 11) is -0.643. The monoisotopic (exact) mass is 268 g/mol. The lowest BCUT2D eigenvalue weighted by Gasteiger charge is -2.03. The zero-order valence-corrected chi connectivity index (χ0v) is 11.0. The third-order valence-corrected chi connectivity index (χ3v) is 3.48. The third-order valence-electron chi connectivity index (χ3n) is 2.31. The van der Waals surface area contributed by atoms with E-state index in [-0.39, 0.29) is 10.6 Å². The standard InChI is InChI=1S/C11H12N2O4S/c1-13-9(4-5-10(13)18(3,15)16)6-8(7-12)11(14)17-2/h4-6H,1-3H3. The number of nitrogens with zero attached hydrogens (tertiary/aromatic N) is 2. The second kappa shape index (κ2) is 5.06. The van der Waals surface area contributed by atoms with E-state index in [4.69, 9.17) is 5.26 Å². The Morgan fingerprint density at radius 2 is 2.11 bits per heavy atom. The number of rotatable bonds is 3. The van der Waals surface area contributed by atoms with Crippen LogP contribution in [0.1, 0.15) is 5.69 Å². The van der Waals surface area contributed by atoms with Gasteiger partial charge in [0.2, 0.25) is 0 Å². The number of nitriles is 1. The Kier molecular flexibility index (Phi) is 3.93. The molecule has 1 heterocycles. The Morgan fingerprint density at radius 3 is 2.50 bits per heavy atom. The summed E-state index contributed by atoms with van der Waals surface area (Å²) in [5.41, 5.74) is 0.233. The van der Waals surface area contributed by atoms with Gasteiger partial charge in [0.05, 0.1) is 7.11 Å². The van der Waals surface area contributed by atoms with Crippen molar-refractivity contribution in [1.82, 2.24) is 4.57 Å². The number of aromatic nitrogens is 1. The summed E-state index contributed by atoms with van der Waals surface area (Å²) in [5.74, 6) is -0.764. The van der Waals surface area contributed by atoms with Crippen LogP contribution < -0.4 is 0 Å². The fourth-order valence-electron chi connectivity index (χ4n) is 1.42. The van der Waals surface area contributed by atoms with E-state index in [1.165, 1.54) is 36.9 Å². The quantitative estimate of drug-likeness (QED) is 0.452. The molecule has 0 aliphatic rings. The summed E-state index contributed by atoms with van der Waals surface area (Å²) in [4.78, 5) is 11.2. The van der Waals surface area contributed by atoms with E-state index in [9.17, 15) is 13.2 Å². The van der Waals surface area contributed by atoms with E-state index in [0.717, 1.165) is 6.26 Å². The third kappa shape index (κ3) is 2.78. The minimum atomic E-state index is -3.35. The van der Waals surface area contributed by atoms with Gasteiger partial charge in [-0.3, -0.25) is 0 Å². The van der Waals surface area contributed by atoms with E-state index < -0.39 is 15.8 Å². The van der Waals surface area contributed by atoms with E-state index in [0.29, 0.717) is 5.69 Å². The van der Waals surface area contributed by atoms with Crippen LogP contribution in [-0.4, -0.2) is 32.3 Å². The van der Waals surface area contributed by atoms with Gasteiger partial charge in [0.1, 0.15) is 16.7 Å². The maximum atomic E-state index is 11.4. The van der Waals surface area contributed by atoms with Crippen molar-refractivity contribution >= 4 is 21.9 Å². The number of esters is 1. The Hall–Kier alpha value is -2.07. The highest BCUT2D eigenvalue weighted by Gasteiger charge is 2.15. The zero-order valence-electron chi connectivity index (χ0n) is 10.2. The fraction of sp³-hybridized carbons (Fsp3) is 0.273. The minimum Gasteiger partial charge on any atom is -0.465 e. The molecule has 0 saturated carbocycles. The number of hydrogen-bond acceptors (Lipinski definition) is 5. The molecule has 0 N–H and O–H groups in total. The van der Waals surface area contributed by atoms with Crippen molar-refractivity contribution in [1.29, 1.82) is 5.26 Å². The Labute approximate surface area is 105 Å². The second-order valence-electron chi connectivity index (χ2n) is 3.59. The summed E-state index contributed by atoms with van der Waals surface area (Å²) >= 11 is 0. The highest BCUT2D eigenvalue weighted by molar-refractivity contribution is 7.90. The lowest BCUT2D eigenvalue weighted by atomic mass is 10.2. The van der Waals surface area contributed by atoms with E-state index in [1.54, 1.807) is 6.07 Å². The fourth-order valence-corrected chi connectivity index (χ4v) is 2.34. The molecule has 0 bridgehead atoms. The summed E-state index contributed by atoms with van der Waals surface area (Å²) in [6.45, 7) is 0. The molecule has 0 aromatic carbocycles. The number of carbonyl (C=O) groups excluding carboxylic acids is 1. The van der Waals surface area contributed by atoms with Crippen LogP contribution in [0.5, 0.6) is 0 Å². The topological polar surface area (TPSA) is 89.2 Å². The molecule has 0 unspecified atom stereocenters. The van der Waals surface area contributed by atoms with Crippen molar-refractivity contribution in [3.05, 3.63) is 23.4 Å². The van der Waals surface area contributed by atoms with Crippen LogP contribution in [-0.2, 0) is 26.4 Å². The number of ether oxygens (including phenoxy) is 1. The van der Waals surface area contributed by atoms with Crippen LogP contribution in [0.25, 0.3) is 6.08 Å². The van der Waals surface area contributed by atoms with Gasteiger partial charge in [0.15, 0.2) is 9.84 Å². The Bertz CT molecular complexity index is 647. The molecular weight excluding hydrogens is 256 g/mol. The van der Waals surface area contributed by atoms with E-state index >= 15 is 0 Å². The average molecular weight is 268 g/mol. The molecule has 0 fully saturated rings. The second-order valence-corrected chi connectivity index (χ2v) is 5.55. The molecule has 0 radical (unpaired) electrons. The Morgan fingerprint density at radius 1 is 1.50 bits per heavy atom. The highest BCUT2D eigenvalue weighted by atomic mass is 32.2. The molecule has 0 aliphatic heterocycles. The van der Waals surface area contributed by atoms with Gasteiger partial charge in [0.25, 0.3) is 0 Å². The van der Waals surface area contributed by atoms with Crippen LogP contribution in [0.15, 0.2) is 22.7 Å². The lowest BCUT2D eigenvalue weighted by molar-refractivity contribution is -0.135. The first-order valence-corrected chi connectivity index (χ1v) is 6.76. The predicted octanol–water partition coefficient (Wildman–Crippen LogP) is 0.509. The van der Waals surface area contributed by atoms with Crippen molar-refractivity contribution in [3.8, 4) is 6.07 Å². The smallest absolute Gasteiger partial charge is 0.348 e. The van der Waals surface area contributed by atoms with Gasteiger partial charge in [-0.1, -0.05) is 0 Å². The molecule has 0 atom stereocenters. The lowest BCUT2D eigenvalue weighted by Crippen LogP contribution is -2.06. The SMILES string of the molecule is COC(=O)C(C#N)=Cc1ccc(S(C)(=O)=O)n1C. The van der Waals surface area contributed by atoms with E-state index in [2.05, 4.69) is 4.74 Å². The molecular formula is C11H12N2O4S. The highest BCUT2D eigenvalue weighted by Crippen LogP contribution is 2.16. The van der Waals surface area contributed by atoms with Gasteiger partial charge in [-0.2, -0.15) is 5.26 Å². The molecule has 18 heavy (non-hydrogen) atoms. The summed E-state index contributed by atoms with van der Waals surface area (Å²) in [6, 6.07) is 4.62. The van der Waals surface area contributed by atoms with Gasteiger partial charge in [-0.05, 0) is 18.2 Å². The number of hydrogen-bond donors (Lipinski definition) is 0. The van der Waals surface area contributed by atoms with Crippen molar-refractivity contribution in [2.45, 2.75) is 5.03 Å². The van der Waals surface area contributed by atoms with E-state index in [1.807, 2.05) is 0 Å². The molecule has 7 heteroatoms. The van der Waals surface area contributed by atoms with Crippen LogP contribution in [0.4, 0.5) is 0 Å². The molecule has 1 aromatic heterocycles. The summed E-state index contributed by atoms with van der Waals surface area (Å²) in [5, 5.41) is 8.91. The van der Waals surface area contributed by atoms with Crippen LogP contribution in [0.2, 0.25) is 0 Å². The maximum absolute atomic E-state index is 11.4. The normalized spacial score (nSPS) is 12.0. The number of methoxy groups -OCH3 is 1. The summed E-state index contributed by atoms with van der Waals surface area (Å²) in [6.07, 6.45) is 2.36. The predicted molar refractivity (Wildman–Crippen MR) is 64.1 cm³/mol. The molecule has 1 rings (SSSR count). The van der Waals surface area contributed by atoms with Gasteiger partial charge in [-0.25, -0.2) is 13.2 Å². The Balaban J connectivity index is 3.30. The van der Waals surface area contributed by atoms with Crippen LogP contribution >= 0.6 is 0 Å². The van der Waals surface area contributed by atoms with Gasteiger partial charge in [0, 0.05) is 19.0 Å². The van der Waals surface area contributed by atoms with Crippen LogP contribution in [0.3, 0.4) is 0 Å². The van der Waals surface area contributed by atoms with Crippen molar-refractivity contribution in [3.63, 3.8) is 0 Å². The van der Waals surface area contributed by atoms with Gasteiger partial charge in [-0.15, -0.1) is 0 Å². The molecule has 0 amide bonds. The maximum Gasteiger partial charge on any atom is 0.348 e. The zero-order chi connectivity index (χ0) is 13.9. The number of sulfone groups is 1. The first kappa shape index (κ1) is 14.0. The molecule has 0 spiro atoms. The van der Waals surface area contributed by atoms with Crippen molar-refractivity contribution in [2.75, 3.05) is 13.4 Å². The molecule has 1 aromatic rings. The molecule has 0 aliphatic carbocycles. The van der Waals surface area contributed by atoms with Gasteiger partial charge >= 0.3 is 5.97 Å². The number of carbonyl (C=O) groups is 1. The molecule has 0 saturated heterocycles.